The van der Waals surface area contributed by atoms with Crippen molar-refractivity contribution in [2.24, 2.45) is 28.6 Å². The second kappa shape index (κ2) is 3.00. The lowest BCUT2D eigenvalue weighted by Gasteiger charge is -2.48. The molecule has 82 valence electrons. The third-order valence-electron chi connectivity index (χ3n) is 5.38. The van der Waals surface area contributed by atoms with Gasteiger partial charge >= 0.3 is 0 Å². The van der Waals surface area contributed by atoms with Crippen LogP contribution >= 0.6 is 0 Å². The Hall–Kier alpha value is 0. The van der Waals surface area contributed by atoms with E-state index in [9.17, 15) is 0 Å². The maximum atomic E-state index is 2.56. The van der Waals surface area contributed by atoms with Crippen LogP contribution in [-0.2, 0) is 0 Å². The second-order valence-corrected chi connectivity index (χ2v) is 6.38. The summed E-state index contributed by atoms with van der Waals surface area (Å²) in [4.78, 5) is 0. The zero-order chi connectivity index (χ0) is 10.6. The molecule has 0 N–H and O–H groups in total. The van der Waals surface area contributed by atoms with Crippen molar-refractivity contribution in [1.29, 1.82) is 0 Å². The van der Waals surface area contributed by atoms with E-state index in [-0.39, 0.29) is 0 Å². The Labute approximate surface area is 89.5 Å². The molecule has 0 heterocycles. The van der Waals surface area contributed by atoms with Gasteiger partial charge in [0.2, 0.25) is 0 Å². The average Bonchev–Trinajstić information content (AvgIpc) is 2.65. The molecule has 0 heteroatoms. The number of hydrogen-bond acceptors (Lipinski definition) is 0. The van der Waals surface area contributed by atoms with Gasteiger partial charge in [0.1, 0.15) is 0 Å². The van der Waals surface area contributed by atoms with Gasteiger partial charge in [-0.05, 0) is 47.8 Å². The van der Waals surface area contributed by atoms with E-state index in [1.165, 1.54) is 25.7 Å². The van der Waals surface area contributed by atoms with E-state index >= 15 is 0 Å². The zero-order valence-electron chi connectivity index (χ0n) is 10.6. The molecule has 2 fully saturated rings. The van der Waals surface area contributed by atoms with Crippen LogP contribution in [0.1, 0.15) is 60.3 Å². The van der Waals surface area contributed by atoms with Gasteiger partial charge in [0.15, 0.2) is 0 Å². The molecule has 0 aromatic rings. The lowest BCUT2D eigenvalue weighted by atomic mass is 9.56. The summed E-state index contributed by atoms with van der Waals surface area (Å²) in [5, 5.41) is 0. The Balaban J connectivity index is 2.10. The minimum Gasteiger partial charge on any atom is -0.0651 e. The molecule has 2 saturated carbocycles. The van der Waals surface area contributed by atoms with Crippen LogP contribution in [0.25, 0.3) is 0 Å². The molecular weight excluding hydrogens is 168 g/mol. The molecule has 0 spiro atoms. The fourth-order valence-corrected chi connectivity index (χ4v) is 5.14. The van der Waals surface area contributed by atoms with Crippen molar-refractivity contribution in [2.75, 3.05) is 0 Å². The highest BCUT2D eigenvalue weighted by molar-refractivity contribution is 5.26. The first-order chi connectivity index (χ1) is 6.52. The fraction of sp³-hybridized carbons (Fsp3) is 1.00. The minimum absolute atomic E-state index is 0.696. The predicted molar refractivity (Wildman–Crippen MR) is 62.2 cm³/mol. The molecule has 2 aliphatic rings. The van der Waals surface area contributed by atoms with E-state index < -0.39 is 0 Å². The maximum Gasteiger partial charge on any atom is -0.0184 e. The van der Waals surface area contributed by atoms with Crippen LogP contribution < -0.4 is 0 Å². The van der Waals surface area contributed by atoms with Crippen LogP contribution in [0.15, 0.2) is 0 Å². The first-order valence-corrected chi connectivity index (χ1v) is 6.52. The van der Waals surface area contributed by atoms with E-state index in [1.807, 2.05) is 0 Å². The number of rotatable bonds is 4. The van der Waals surface area contributed by atoms with Gasteiger partial charge in [-0.1, -0.05) is 41.0 Å². The normalized spacial score (nSPS) is 50.1. The molecule has 0 aliphatic heterocycles. The van der Waals surface area contributed by atoms with E-state index in [0.717, 1.165) is 23.2 Å². The van der Waals surface area contributed by atoms with Gasteiger partial charge in [0.05, 0.1) is 0 Å². The summed E-state index contributed by atoms with van der Waals surface area (Å²) in [7, 11) is 0. The summed E-state index contributed by atoms with van der Waals surface area (Å²) in [6, 6.07) is 0. The smallest absolute Gasteiger partial charge is 0.0184 e. The predicted octanol–water partition coefficient (Wildman–Crippen LogP) is 4.49. The lowest BCUT2D eigenvalue weighted by Crippen LogP contribution is -2.40. The highest BCUT2D eigenvalue weighted by Crippen LogP contribution is 2.84. The van der Waals surface area contributed by atoms with Gasteiger partial charge in [0, 0.05) is 0 Å². The molecule has 4 unspecified atom stereocenters. The monoisotopic (exact) mass is 194 g/mol. The molecule has 0 aromatic carbocycles. The van der Waals surface area contributed by atoms with Gasteiger partial charge in [-0.3, -0.25) is 0 Å². The third-order valence-corrected chi connectivity index (χ3v) is 5.38. The van der Waals surface area contributed by atoms with Gasteiger partial charge < -0.3 is 0 Å². The van der Waals surface area contributed by atoms with Crippen molar-refractivity contribution in [2.45, 2.75) is 60.3 Å². The van der Waals surface area contributed by atoms with Crippen molar-refractivity contribution in [3.05, 3.63) is 0 Å². The first-order valence-electron chi connectivity index (χ1n) is 6.52. The Morgan fingerprint density at radius 1 is 1.29 bits per heavy atom. The van der Waals surface area contributed by atoms with E-state index in [4.69, 9.17) is 0 Å². The molecule has 0 nitrogen and oxygen atoms in total. The number of fused-ring (bicyclic) bond motifs is 1. The molecule has 0 bridgehead atoms. The van der Waals surface area contributed by atoms with Crippen LogP contribution in [0.4, 0.5) is 0 Å². The van der Waals surface area contributed by atoms with Crippen LogP contribution in [0, 0.1) is 28.6 Å². The molecular formula is C14H26. The van der Waals surface area contributed by atoms with Crippen molar-refractivity contribution >= 4 is 0 Å². The molecule has 14 heavy (non-hydrogen) atoms. The van der Waals surface area contributed by atoms with Gasteiger partial charge in [-0.2, -0.15) is 0 Å². The molecule has 0 radical (unpaired) electrons. The minimum atomic E-state index is 0.696. The Bertz CT molecular complexity index is 230. The van der Waals surface area contributed by atoms with Gasteiger partial charge in [0.25, 0.3) is 0 Å². The number of hydrogen-bond donors (Lipinski definition) is 0. The molecule has 0 aromatic heterocycles. The van der Waals surface area contributed by atoms with E-state index in [0.29, 0.717) is 5.41 Å². The topological polar surface area (TPSA) is 0 Å². The summed E-state index contributed by atoms with van der Waals surface area (Å²) in [6.07, 6.45) is 5.83. The van der Waals surface area contributed by atoms with Crippen molar-refractivity contribution in [3.8, 4) is 0 Å². The molecule has 4 atom stereocenters. The van der Waals surface area contributed by atoms with Crippen molar-refractivity contribution < 1.29 is 0 Å². The Morgan fingerprint density at radius 3 is 2.29 bits per heavy atom. The van der Waals surface area contributed by atoms with Gasteiger partial charge in [-0.25, -0.2) is 0 Å². The van der Waals surface area contributed by atoms with Crippen molar-refractivity contribution in [3.63, 3.8) is 0 Å². The Kier molecular flexibility index (Phi) is 2.25. The molecule has 0 saturated heterocycles. The summed E-state index contributed by atoms with van der Waals surface area (Å²) < 4.78 is 0. The maximum absolute atomic E-state index is 2.56. The van der Waals surface area contributed by atoms with Crippen LogP contribution in [0.5, 0.6) is 0 Å². The van der Waals surface area contributed by atoms with E-state index in [1.54, 1.807) is 0 Å². The molecule has 0 amide bonds. The fourth-order valence-electron chi connectivity index (χ4n) is 5.14. The Morgan fingerprint density at radius 2 is 1.93 bits per heavy atom. The van der Waals surface area contributed by atoms with Crippen LogP contribution in [0.2, 0.25) is 0 Å². The average molecular weight is 194 g/mol. The highest BCUT2D eigenvalue weighted by atomic mass is 14.8. The van der Waals surface area contributed by atoms with Gasteiger partial charge in [-0.15, -0.1) is 0 Å². The summed E-state index contributed by atoms with van der Waals surface area (Å²) in [5.41, 5.74) is 1.48. The quantitative estimate of drug-likeness (QED) is 0.618. The highest BCUT2D eigenvalue weighted by Gasteiger charge is 2.78. The summed E-state index contributed by atoms with van der Waals surface area (Å²) in [6.45, 7) is 12.1. The lowest BCUT2D eigenvalue weighted by molar-refractivity contribution is 0.00551. The summed E-state index contributed by atoms with van der Waals surface area (Å²) >= 11 is 0. The molecule has 2 aliphatic carbocycles. The third kappa shape index (κ3) is 1.01. The standard InChI is InChI=1S/C14H26/c1-6-11-12-9-13(5,8-10(3)4)14(11,12)7-2/h10-12H,6-9H2,1-5H3. The SMILES string of the molecule is CCC1C2CC(C)(CC(C)C)C12CC. The van der Waals surface area contributed by atoms with Crippen LogP contribution in [0.3, 0.4) is 0 Å². The summed E-state index contributed by atoms with van der Waals surface area (Å²) in [5.74, 6) is 3.07. The van der Waals surface area contributed by atoms with Crippen LogP contribution in [-0.4, -0.2) is 0 Å². The zero-order valence-corrected chi connectivity index (χ0v) is 10.6. The second-order valence-electron chi connectivity index (χ2n) is 6.38. The largest absolute Gasteiger partial charge is 0.0651 e. The first kappa shape index (κ1) is 10.5. The van der Waals surface area contributed by atoms with Crippen molar-refractivity contribution in [1.82, 2.24) is 0 Å². The van der Waals surface area contributed by atoms with E-state index in [2.05, 4.69) is 34.6 Å². The molecule has 2 rings (SSSR count).